The van der Waals surface area contributed by atoms with E-state index in [1.165, 1.54) is 23.5 Å². The van der Waals surface area contributed by atoms with Gasteiger partial charge in [0, 0.05) is 49.4 Å². The number of fused-ring (bicyclic) bond motifs is 1. The first-order valence-corrected chi connectivity index (χ1v) is 11.6. The Kier molecular flexibility index (Phi) is 5.70. The smallest absolute Gasteiger partial charge is 0.269 e. The maximum Gasteiger partial charge on any atom is 0.269 e. The summed E-state index contributed by atoms with van der Waals surface area (Å²) in [6.45, 7) is 2.43. The van der Waals surface area contributed by atoms with E-state index < -0.39 is 4.92 Å². The molecule has 33 heavy (non-hydrogen) atoms. The SMILES string of the molecule is O=C(c1cc(-c2ccc(Cl)s2)nc2ccccc12)N1CCN(c2ccc([N+](=O)[O-])cc2)CC1. The van der Waals surface area contributed by atoms with Crippen LogP contribution in [0.4, 0.5) is 11.4 Å². The minimum Gasteiger partial charge on any atom is -0.368 e. The highest BCUT2D eigenvalue weighted by Gasteiger charge is 2.25. The summed E-state index contributed by atoms with van der Waals surface area (Å²) >= 11 is 7.55. The van der Waals surface area contributed by atoms with Crippen molar-refractivity contribution >= 4 is 51.1 Å². The predicted octanol–water partition coefficient (Wildman–Crippen LogP) is 5.49. The Hall–Kier alpha value is -3.49. The van der Waals surface area contributed by atoms with Crippen LogP contribution in [0, 0.1) is 10.1 Å². The number of para-hydroxylation sites is 1. The third-order valence-corrected chi connectivity index (χ3v) is 7.02. The quantitative estimate of drug-likeness (QED) is 0.286. The summed E-state index contributed by atoms with van der Waals surface area (Å²) in [6, 6.07) is 19.8. The van der Waals surface area contributed by atoms with Gasteiger partial charge in [-0.2, -0.15) is 0 Å². The standard InChI is InChI=1S/C24H19ClN4O3S/c25-23-10-9-22(33-23)21-15-19(18-3-1-2-4-20(18)26-21)24(30)28-13-11-27(12-14-28)16-5-7-17(8-6-16)29(31)32/h1-10,15H,11-14H2. The largest absolute Gasteiger partial charge is 0.368 e. The van der Waals surface area contributed by atoms with E-state index in [-0.39, 0.29) is 11.6 Å². The van der Waals surface area contributed by atoms with Crippen molar-refractivity contribution in [1.82, 2.24) is 9.88 Å². The van der Waals surface area contributed by atoms with Crippen molar-refractivity contribution in [3.8, 4) is 10.6 Å². The van der Waals surface area contributed by atoms with Crippen molar-refractivity contribution in [2.24, 2.45) is 0 Å². The molecule has 5 rings (SSSR count). The molecule has 9 heteroatoms. The van der Waals surface area contributed by atoms with Gasteiger partial charge in [-0.25, -0.2) is 4.98 Å². The summed E-state index contributed by atoms with van der Waals surface area (Å²) in [7, 11) is 0. The van der Waals surface area contributed by atoms with Crippen molar-refractivity contribution in [2.75, 3.05) is 31.1 Å². The van der Waals surface area contributed by atoms with Crippen molar-refractivity contribution < 1.29 is 9.72 Å². The molecule has 4 aromatic rings. The molecule has 0 aliphatic carbocycles. The van der Waals surface area contributed by atoms with E-state index in [1.54, 1.807) is 12.1 Å². The van der Waals surface area contributed by atoms with E-state index in [2.05, 4.69) is 4.90 Å². The third-order valence-electron chi connectivity index (χ3n) is 5.76. The summed E-state index contributed by atoms with van der Waals surface area (Å²) in [5.41, 5.74) is 3.12. The number of rotatable bonds is 4. The Morgan fingerprint density at radius 2 is 1.73 bits per heavy atom. The molecule has 2 aromatic heterocycles. The lowest BCUT2D eigenvalue weighted by atomic mass is 10.1. The summed E-state index contributed by atoms with van der Waals surface area (Å²) in [4.78, 5) is 33.7. The van der Waals surface area contributed by atoms with Crippen LogP contribution in [-0.4, -0.2) is 46.9 Å². The average Bonchev–Trinajstić information content (AvgIpc) is 3.29. The van der Waals surface area contributed by atoms with E-state index in [0.29, 0.717) is 36.1 Å². The maximum atomic E-state index is 13.5. The Balaban J connectivity index is 1.38. The minimum absolute atomic E-state index is 0.0270. The fraction of sp³-hybridized carbons (Fsp3) is 0.167. The van der Waals surface area contributed by atoms with Gasteiger partial charge in [-0.1, -0.05) is 29.8 Å². The number of hydrogen-bond donors (Lipinski definition) is 0. The number of amides is 1. The minimum atomic E-state index is -0.405. The highest BCUT2D eigenvalue weighted by Crippen LogP contribution is 2.33. The number of pyridine rings is 1. The molecule has 0 unspecified atom stereocenters. The number of carbonyl (C=O) groups is 1. The van der Waals surface area contributed by atoms with E-state index in [1.807, 2.05) is 47.4 Å². The second kappa shape index (κ2) is 8.80. The van der Waals surface area contributed by atoms with Crippen molar-refractivity contribution in [3.05, 3.63) is 86.7 Å². The van der Waals surface area contributed by atoms with E-state index in [9.17, 15) is 14.9 Å². The number of non-ortho nitro benzene ring substituents is 1. The van der Waals surface area contributed by atoms with Crippen LogP contribution in [0.25, 0.3) is 21.5 Å². The Morgan fingerprint density at radius 3 is 2.39 bits per heavy atom. The number of halogens is 1. The van der Waals surface area contributed by atoms with Crippen LogP contribution < -0.4 is 4.90 Å². The van der Waals surface area contributed by atoms with Gasteiger partial charge >= 0.3 is 0 Å². The second-order valence-corrected chi connectivity index (χ2v) is 9.44. The monoisotopic (exact) mass is 478 g/mol. The molecule has 0 atom stereocenters. The lowest BCUT2D eigenvalue weighted by Gasteiger charge is -2.36. The molecular formula is C24H19ClN4O3S. The zero-order valence-corrected chi connectivity index (χ0v) is 19.1. The van der Waals surface area contributed by atoms with E-state index in [4.69, 9.17) is 16.6 Å². The van der Waals surface area contributed by atoms with Crippen molar-refractivity contribution in [1.29, 1.82) is 0 Å². The highest BCUT2D eigenvalue weighted by molar-refractivity contribution is 7.19. The number of carbonyl (C=O) groups excluding carboxylic acids is 1. The van der Waals surface area contributed by atoms with Gasteiger partial charge in [0.1, 0.15) is 0 Å². The number of aromatic nitrogens is 1. The van der Waals surface area contributed by atoms with E-state index >= 15 is 0 Å². The fourth-order valence-corrected chi connectivity index (χ4v) is 5.06. The van der Waals surface area contributed by atoms with Crippen LogP contribution >= 0.6 is 22.9 Å². The Bertz CT molecular complexity index is 1350. The molecular weight excluding hydrogens is 460 g/mol. The average molecular weight is 479 g/mol. The lowest BCUT2D eigenvalue weighted by molar-refractivity contribution is -0.384. The zero-order valence-electron chi connectivity index (χ0n) is 17.5. The second-order valence-electron chi connectivity index (χ2n) is 7.73. The number of thiophene rings is 1. The van der Waals surface area contributed by atoms with Crippen LogP contribution in [0.3, 0.4) is 0 Å². The number of piperazine rings is 1. The topological polar surface area (TPSA) is 79.6 Å². The molecule has 1 saturated heterocycles. The molecule has 0 N–H and O–H groups in total. The first-order chi connectivity index (χ1) is 16.0. The lowest BCUT2D eigenvalue weighted by Crippen LogP contribution is -2.48. The molecule has 0 spiro atoms. The van der Waals surface area contributed by atoms with Gasteiger partial charge in [0.05, 0.1) is 30.9 Å². The first kappa shape index (κ1) is 21.4. The van der Waals surface area contributed by atoms with Gasteiger partial charge < -0.3 is 9.80 Å². The summed E-state index contributed by atoms with van der Waals surface area (Å²) in [5.74, 6) is -0.0270. The molecule has 0 saturated carbocycles. The van der Waals surface area contributed by atoms with Gasteiger partial charge in [-0.05, 0) is 36.4 Å². The highest BCUT2D eigenvalue weighted by atomic mass is 35.5. The predicted molar refractivity (Wildman–Crippen MR) is 131 cm³/mol. The molecule has 0 radical (unpaired) electrons. The van der Waals surface area contributed by atoms with Crippen LogP contribution in [0.5, 0.6) is 0 Å². The van der Waals surface area contributed by atoms with Gasteiger partial charge in [0.25, 0.3) is 11.6 Å². The first-order valence-electron chi connectivity index (χ1n) is 10.4. The Labute approximate surface area is 199 Å². The Morgan fingerprint density at radius 1 is 1.00 bits per heavy atom. The molecule has 1 aliphatic heterocycles. The molecule has 2 aromatic carbocycles. The number of nitrogens with zero attached hydrogens (tertiary/aromatic N) is 4. The molecule has 3 heterocycles. The normalized spacial score (nSPS) is 14.0. The molecule has 1 amide bonds. The van der Waals surface area contributed by atoms with Crippen LogP contribution in [0.2, 0.25) is 4.34 Å². The number of benzene rings is 2. The number of hydrogen-bond acceptors (Lipinski definition) is 6. The molecule has 166 valence electrons. The summed E-state index contributed by atoms with van der Waals surface area (Å²) < 4.78 is 0.676. The fourth-order valence-electron chi connectivity index (χ4n) is 4.05. The number of nitro groups is 1. The van der Waals surface area contributed by atoms with Gasteiger partial charge in [0.15, 0.2) is 0 Å². The van der Waals surface area contributed by atoms with Gasteiger partial charge in [-0.15, -0.1) is 11.3 Å². The number of nitro benzene ring substituents is 1. The van der Waals surface area contributed by atoms with Crippen LogP contribution in [0.1, 0.15) is 10.4 Å². The summed E-state index contributed by atoms with van der Waals surface area (Å²) in [6.07, 6.45) is 0. The molecule has 1 fully saturated rings. The summed E-state index contributed by atoms with van der Waals surface area (Å²) in [5, 5.41) is 11.7. The zero-order chi connectivity index (χ0) is 22.9. The van der Waals surface area contributed by atoms with Gasteiger partial charge in [-0.3, -0.25) is 14.9 Å². The molecule has 1 aliphatic rings. The van der Waals surface area contributed by atoms with Crippen molar-refractivity contribution in [2.45, 2.75) is 0 Å². The molecule has 7 nitrogen and oxygen atoms in total. The van der Waals surface area contributed by atoms with E-state index in [0.717, 1.165) is 27.2 Å². The van der Waals surface area contributed by atoms with Gasteiger partial charge in [0.2, 0.25) is 0 Å². The van der Waals surface area contributed by atoms with Crippen molar-refractivity contribution in [3.63, 3.8) is 0 Å². The molecule has 0 bridgehead atoms. The third kappa shape index (κ3) is 4.27. The number of anilines is 1. The van der Waals surface area contributed by atoms with Crippen LogP contribution in [0.15, 0.2) is 66.7 Å². The van der Waals surface area contributed by atoms with Crippen LogP contribution in [-0.2, 0) is 0 Å². The maximum absolute atomic E-state index is 13.5.